The summed E-state index contributed by atoms with van der Waals surface area (Å²) in [6, 6.07) is 10.4. The third-order valence-corrected chi connectivity index (χ3v) is 7.41. The van der Waals surface area contributed by atoms with Gasteiger partial charge in [0.15, 0.2) is 9.84 Å². The standard InChI is InChI=1S/C25H28FNO5S/c1-4-33(30,31)19-11-12-22(26)20(14-19)21-16-27(3)25(29)15-24(21)32-13-6-5-8-18-9-7-10-23(28)17(18)2/h7,9-12,14-16,28H,4-6,8,13H2,1-3H3. The minimum atomic E-state index is -3.53. The molecule has 0 atom stereocenters. The summed E-state index contributed by atoms with van der Waals surface area (Å²) in [5.41, 5.74) is 1.96. The first kappa shape index (κ1) is 24.5. The highest BCUT2D eigenvalue weighted by molar-refractivity contribution is 7.91. The minimum absolute atomic E-state index is 0.0164. The third kappa shape index (κ3) is 5.63. The van der Waals surface area contributed by atoms with Gasteiger partial charge in [-0.2, -0.15) is 0 Å². The van der Waals surface area contributed by atoms with Crippen LogP contribution in [0.2, 0.25) is 0 Å². The van der Waals surface area contributed by atoms with Crippen molar-refractivity contribution < 1.29 is 22.7 Å². The molecule has 0 saturated heterocycles. The van der Waals surface area contributed by atoms with Gasteiger partial charge in [0.05, 0.1) is 17.3 Å². The molecular weight excluding hydrogens is 445 g/mol. The monoisotopic (exact) mass is 473 g/mol. The first-order chi connectivity index (χ1) is 15.6. The minimum Gasteiger partial charge on any atom is -0.508 e. The molecule has 1 N–H and O–H groups in total. The smallest absolute Gasteiger partial charge is 0.254 e. The van der Waals surface area contributed by atoms with Crippen molar-refractivity contribution in [1.82, 2.24) is 4.57 Å². The largest absolute Gasteiger partial charge is 0.508 e. The van der Waals surface area contributed by atoms with Crippen LogP contribution < -0.4 is 10.3 Å². The number of aromatic hydroxyl groups is 1. The molecule has 1 heterocycles. The van der Waals surface area contributed by atoms with Crippen molar-refractivity contribution in [2.45, 2.75) is 38.0 Å². The number of sulfone groups is 1. The van der Waals surface area contributed by atoms with Gasteiger partial charge < -0.3 is 14.4 Å². The van der Waals surface area contributed by atoms with E-state index in [-0.39, 0.29) is 33.3 Å². The third-order valence-electron chi connectivity index (χ3n) is 5.67. The Labute approximate surface area is 193 Å². The average molecular weight is 474 g/mol. The second-order valence-corrected chi connectivity index (χ2v) is 10.2. The van der Waals surface area contributed by atoms with Crippen molar-refractivity contribution in [2.24, 2.45) is 7.05 Å². The zero-order valence-electron chi connectivity index (χ0n) is 19.0. The van der Waals surface area contributed by atoms with E-state index in [0.29, 0.717) is 18.6 Å². The highest BCUT2D eigenvalue weighted by atomic mass is 32.2. The van der Waals surface area contributed by atoms with Gasteiger partial charge >= 0.3 is 0 Å². The molecule has 0 saturated carbocycles. The number of hydrogen-bond donors (Lipinski definition) is 1. The number of nitrogens with zero attached hydrogens (tertiary/aromatic N) is 1. The summed E-state index contributed by atoms with van der Waals surface area (Å²) in [6.45, 7) is 3.69. The van der Waals surface area contributed by atoms with Gasteiger partial charge in [-0.15, -0.1) is 0 Å². The predicted octanol–water partition coefficient (Wildman–Crippen LogP) is 4.40. The molecule has 6 nitrogen and oxygen atoms in total. The number of aryl methyl sites for hydroxylation is 2. The Hall–Kier alpha value is -3.13. The van der Waals surface area contributed by atoms with Crippen molar-refractivity contribution in [3.63, 3.8) is 0 Å². The molecule has 3 aromatic rings. The fraction of sp³-hybridized carbons (Fsp3) is 0.320. The maximum absolute atomic E-state index is 14.7. The molecule has 0 aliphatic carbocycles. The Balaban J connectivity index is 1.80. The number of aromatic nitrogens is 1. The van der Waals surface area contributed by atoms with Gasteiger partial charge in [0, 0.05) is 30.4 Å². The lowest BCUT2D eigenvalue weighted by Gasteiger charge is -2.15. The van der Waals surface area contributed by atoms with Gasteiger partial charge in [-0.25, -0.2) is 12.8 Å². The van der Waals surface area contributed by atoms with Crippen molar-refractivity contribution in [1.29, 1.82) is 0 Å². The van der Waals surface area contributed by atoms with Crippen LogP contribution in [-0.4, -0.2) is 30.5 Å². The number of phenolic OH excluding ortho intramolecular Hbond substituents is 1. The number of benzene rings is 2. The van der Waals surface area contributed by atoms with Crippen molar-refractivity contribution in [3.8, 4) is 22.6 Å². The van der Waals surface area contributed by atoms with Gasteiger partial charge in [0.1, 0.15) is 17.3 Å². The molecule has 0 radical (unpaired) electrons. The molecule has 176 valence electrons. The fourth-order valence-electron chi connectivity index (χ4n) is 3.55. The maximum atomic E-state index is 14.7. The molecule has 0 aliphatic rings. The van der Waals surface area contributed by atoms with Crippen molar-refractivity contribution in [2.75, 3.05) is 12.4 Å². The average Bonchev–Trinajstić information content (AvgIpc) is 2.78. The highest BCUT2D eigenvalue weighted by Gasteiger charge is 2.18. The normalized spacial score (nSPS) is 11.5. The van der Waals surface area contributed by atoms with E-state index in [1.165, 1.54) is 42.9 Å². The zero-order chi connectivity index (χ0) is 24.2. The van der Waals surface area contributed by atoms with Crippen LogP contribution in [0.25, 0.3) is 11.1 Å². The van der Waals surface area contributed by atoms with Crippen LogP contribution in [0.3, 0.4) is 0 Å². The molecule has 0 fully saturated rings. The van der Waals surface area contributed by atoms with Crippen LogP contribution in [0.4, 0.5) is 4.39 Å². The van der Waals surface area contributed by atoms with E-state index in [9.17, 15) is 22.7 Å². The molecule has 0 bridgehead atoms. The van der Waals surface area contributed by atoms with E-state index in [0.717, 1.165) is 30.0 Å². The van der Waals surface area contributed by atoms with E-state index in [1.807, 2.05) is 19.1 Å². The summed E-state index contributed by atoms with van der Waals surface area (Å²) in [4.78, 5) is 12.2. The second-order valence-electron chi connectivity index (χ2n) is 7.91. The van der Waals surface area contributed by atoms with Crippen LogP contribution in [0.15, 0.2) is 58.4 Å². The quantitative estimate of drug-likeness (QED) is 0.368. The molecule has 8 heteroatoms. The number of unbranched alkanes of at least 4 members (excludes halogenated alkanes) is 1. The Morgan fingerprint density at radius 3 is 2.58 bits per heavy atom. The molecule has 1 aromatic heterocycles. The summed E-state index contributed by atoms with van der Waals surface area (Å²) >= 11 is 0. The molecule has 33 heavy (non-hydrogen) atoms. The first-order valence-corrected chi connectivity index (χ1v) is 12.4. The summed E-state index contributed by atoms with van der Waals surface area (Å²) in [6.07, 6.45) is 3.69. The van der Waals surface area contributed by atoms with Crippen molar-refractivity contribution in [3.05, 3.63) is 76.0 Å². The second kappa shape index (κ2) is 10.2. The number of rotatable bonds is 9. The molecule has 3 rings (SSSR count). The van der Waals surface area contributed by atoms with Gasteiger partial charge in [-0.05, 0) is 61.6 Å². The lowest BCUT2D eigenvalue weighted by molar-refractivity contribution is 0.307. The lowest BCUT2D eigenvalue weighted by Crippen LogP contribution is -2.16. The zero-order valence-corrected chi connectivity index (χ0v) is 19.8. The number of ether oxygens (including phenoxy) is 1. The van der Waals surface area contributed by atoms with E-state index in [2.05, 4.69) is 0 Å². The molecule has 0 aliphatic heterocycles. The number of hydrogen-bond acceptors (Lipinski definition) is 5. The SMILES string of the molecule is CCS(=O)(=O)c1ccc(F)c(-c2cn(C)c(=O)cc2OCCCCc2cccc(O)c2C)c1. The van der Waals surface area contributed by atoms with Crippen LogP contribution >= 0.6 is 0 Å². The maximum Gasteiger partial charge on any atom is 0.254 e. The Bertz CT molecular complexity index is 1310. The Morgan fingerprint density at radius 2 is 1.85 bits per heavy atom. The molecule has 2 aromatic carbocycles. The van der Waals surface area contributed by atoms with E-state index in [4.69, 9.17) is 4.74 Å². The van der Waals surface area contributed by atoms with Gasteiger partial charge in [0.25, 0.3) is 5.56 Å². The van der Waals surface area contributed by atoms with E-state index in [1.54, 1.807) is 6.07 Å². The van der Waals surface area contributed by atoms with Gasteiger partial charge in [-0.1, -0.05) is 19.1 Å². The Morgan fingerprint density at radius 1 is 1.09 bits per heavy atom. The predicted molar refractivity (Wildman–Crippen MR) is 126 cm³/mol. The highest BCUT2D eigenvalue weighted by Crippen LogP contribution is 2.33. The number of halogens is 1. The summed E-state index contributed by atoms with van der Waals surface area (Å²) in [7, 11) is -1.99. The first-order valence-electron chi connectivity index (χ1n) is 10.8. The molecule has 0 unspecified atom stereocenters. The molecule has 0 spiro atoms. The number of phenols is 1. The molecular formula is C25H28FNO5S. The Kier molecular flexibility index (Phi) is 7.58. The van der Waals surface area contributed by atoms with Gasteiger partial charge in [0.2, 0.25) is 0 Å². The van der Waals surface area contributed by atoms with E-state index >= 15 is 0 Å². The van der Waals surface area contributed by atoms with Crippen LogP contribution in [0.5, 0.6) is 11.5 Å². The van der Waals surface area contributed by atoms with E-state index < -0.39 is 15.7 Å². The fourth-order valence-corrected chi connectivity index (χ4v) is 4.45. The van der Waals surface area contributed by atoms with Crippen LogP contribution in [0, 0.1) is 12.7 Å². The van der Waals surface area contributed by atoms with Gasteiger partial charge in [-0.3, -0.25) is 4.79 Å². The topological polar surface area (TPSA) is 85.6 Å². The van der Waals surface area contributed by atoms with Crippen molar-refractivity contribution >= 4 is 9.84 Å². The summed E-state index contributed by atoms with van der Waals surface area (Å²) in [5.74, 6) is -0.236. The lowest BCUT2D eigenvalue weighted by atomic mass is 10.0. The summed E-state index contributed by atoms with van der Waals surface area (Å²) < 4.78 is 46.4. The number of pyridine rings is 1. The summed E-state index contributed by atoms with van der Waals surface area (Å²) in [5, 5.41) is 9.82. The van der Waals surface area contributed by atoms with Crippen LogP contribution in [0.1, 0.15) is 30.9 Å². The van der Waals surface area contributed by atoms with Crippen LogP contribution in [-0.2, 0) is 23.3 Å². The molecule has 0 amide bonds.